The molecule has 0 unspecified atom stereocenters. The van der Waals surface area contributed by atoms with E-state index in [4.69, 9.17) is 0 Å². The molecule has 3 aromatic rings. The number of hydrogen-bond acceptors (Lipinski definition) is 7. The van der Waals surface area contributed by atoms with Gasteiger partial charge in [0.25, 0.3) is 5.91 Å². The third-order valence-electron chi connectivity index (χ3n) is 3.00. The molecule has 2 heterocycles. The Kier molecular flexibility index (Phi) is 3.78. The molecular formula is C13H11N7O3. The highest BCUT2D eigenvalue weighted by molar-refractivity contribution is 6.07. The van der Waals surface area contributed by atoms with Gasteiger partial charge in [0.1, 0.15) is 6.33 Å². The summed E-state index contributed by atoms with van der Waals surface area (Å²) >= 11 is 0. The molecule has 10 nitrogen and oxygen atoms in total. The standard InChI is InChI=1S/C13H11N7O3/c1-23-13(22)11-10(6-14-17-11)16-12(21)8-3-2-4-9(5-8)20-7-15-18-19-20/h2-7H,1H3,(H,14,17)(H,16,21). The van der Waals surface area contributed by atoms with Gasteiger partial charge in [-0.05, 0) is 28.6 Å². The molecule has 0 aliphatic rings. The van der Waals surface area contributed by atoms with Crippen LogP contribution in [0.15, 0.2) is 36.8 Å². The third kappa shape index (κ3) is 2.90. The summed E-state index contributed by atoms with van der Waals surface area (Å²) in [6.07, 6.45) is 2.75. The average Bonchev–Trinajstić information content (AvgIpc) is 3.26. The first-order chi connectivity index (χ1) is 11.2. The van der Waals surface area contributed by atoms with Crippen LogP contribution in [0.3, 0.4) is 0 Å². The normalized spacial score (nSPS) is 10.3. The van der Waals surface area contributed by atoms with Gasteiger partial charge in [-0.2, -0.15) is 5.10 Å². The van der Waals surface area contributed by atoms with Crippen molar-refractivity contribution in [3.05, 3.63) is 48.0 Å². The molecule has 1 amide bonds. The Bertz CT molecular complexity index is 841. The van der Waals surface area contributed by atoms with E-state index in [0.717, 1.165) is 0 Å². The maximum atomic E-state index is 12.3. The van der Waals surface area contributed by atoms with Gasteiger partial charge in [-0.3, -0.25) is 9.89 Å². The number of nitrogens with zero attached hydrogens (tertiary/aromatic N) is 5. The molecule has 0 saturated heterocycles. The highest BCUT2D eigenvalue weighted by atomic mass is 16.5. The lowest BCUT2D eigenvalue weighted by Crippen LogP contribution is -2.15. The van der Waals surface area contributed by atoms with E-state index in [-0.39, 0.29) is 11.4 Å². The maximum absolute atomic E-state index is 12.3. The topological polar surface area (TPSA) is 128 Å². The summed E-state index contributed by atoms with van der Waals surface area (Å²) in [6, 6.07) is 6.69. The lowest BCUT2D eigenvalue weighted by atomic mass is 10.2. The second-order valence-corrected chi connectivity index (χ2v) is 4.41. The van der Waals surface area contributed by atoms with Crippen molar-refractivity contribution in [1.29, 1.82) is 0 Å². The summed E-state index contributed by atoms with van der Waals surface area (Å²) in [5.74, 6) is -1.04. The van der Waals surface area contributed by atoms with E-state index in [2.05, 4.69) is 35.8 Å². The molecule has 116 valence electrons. The van der Waals surface area contributed by atoms with E-state index in [9.17, 15) is 9.59 Å². The number of tetrazole rings is 1. The molecule has 0 atom stereocenters. The van der Waals surface area contributed by atoms with Gasteiger partial charge >= 0.3 is 5.97 Å². The van der Waals surface area contributed by atoms with Crippen molar-refractivity contribution in [2.24, 2.45) is 0 Å². The summed E-state index contributed by atoms with van der Waals surface area (Å²) in [5.41, 5.74) is 1.30. The molecule has 23 heavy (non-hydrogen) atoms. The van der Waals surface area contributed by atoms with Crippen LogP contribution in [-0.2, 0) is 4.74 Å². The van der Waals surface area contributed by atoms with Crippen molar-refractivity contribution in [2.75, 3.05) is 12.4 Å². The van der Waals surface area contributed by atoms with Crippen LogP contribution in [-0.4, -0.2) is 49.4 Å². The van der Waals surface area contributed by atoms with Gasteiger partial charge in [0.15, 0.2) is 5.69 Å². The Morgan fingerprint density at radius 2 is 2.22 bits per heavy atom. The number of hydrogen-bond donors (Lipinski definition) is 2. The van der Waals surface area contributed by atoms with Crippen molar-refractivity contribution < 1.29 is 14.3 Å². The Morgan fingerprint density at radius 3 is 2.96 bits per heavy atom. The van der Waals surface area contributed by atoms with E-state index in [0.29, 0.717) is 11.3 Å². The Labute approximate surface area is 129 Å². The Morgan fingerprint density at radius 1 is 1.35 bits per heavy atom. The summed E-state index contributed by atoms with van der Waals surface area (Å²) < 4.78 is 6.03. The number of aromatic nitrogens is 6. The summed E-state index contributed by atoms with van der Waals surface area (Å²) in [5, 5.41) is 19.6. The van der Waals surface area contributed by atoms with Crippen LogP contribution in [0.2, 0.25) is 0 Å². The number of amides is 1. The number of carbonyl (C=O) groups excluding carboxylic acids is 2. The summed E-state index contributed by atoms with van der Waals surface area (Å²) in [7, 11) is 1.24. The number of anilines is 1. The fraction of sp³-hybridized carbons (Fsp3) is 0.0769. The molecule has 3 rings (SSSR count). The minimum atomic E-state index is -0.625. The zero-order valence-electron chi connectivity index (χ0n) is 11.9. The van der Waals surface area contributed by atoms with Crippen molar-refractivity contribution in [1.82, 2.24) is 30.4 Å². The van der Waals surface area contributed by atoms with Gasteiger partial charge in [0.05, 0.1) is 24.7 Å². The molecule has 10 heteroatoms. The lowest BCUT2D eigenvalue weighted by Gasteiger charge is -2.06. The molecule has 2 N–H and O–H groups in total. The van der Waals surface area contributed by atoms with Crippen molar-refractivity contribution >= 4 is 17.6 Å². The molecule has 0 bridgehead atoms. The van der Waals surface area contributed by atoms with Crippen LogP contribution < -0.4 is 5.32 Å². The quantitative estimate of drug-likeness (QED) is 0.668. The molecule has 0 radical (unpaired) electrons. The second kappa shape index (κ2) is 6.05. The van der Waals surface area contributed by atoms with E-state index in [1.54, 1.807) is 24.3 Å². The molecule has 1 aromatic carbocycles. The highest BCUT2D eigenvalue weighted by Crippen LogP contribution is 2.15. The van der Waals surface area contributed by atoms with Crippen LogP contribution in [0.4, 0.5) is 5.69 Å². The SMILES string of the molecule is COC(=O)c1[nH]ncc1NC(=O)c1cccc(-n2cnnn2)c1. The maximum Gasteiger partial charge on any atom is 0.358 e. The number of nitrogens with one attached hydrogen (secondary N) is 2. The predicted molar refractivity (Wildman–Crippen MR) is 77.0 cm³/mol. The fourth-order valence-corrected chi connectivity index (χ4v) is 1.90. The summed E-state index contributed by atoms with van der Waals surface area (Å²) in [4.78, 5) is 23.9. The number of rotatable bonds is 4. The molecule has 0 fully saturated rings. The second-order valence-electron chi connectivity index (χ2n) is 4.41. The lowest BCUT2D eigenvalue weighted by molar-refractivity contribution is 0.0595. The van der Waals surface area contributed by atoms with E-state index >= 15 is 0 Å². The van der Waals surface area contributed by atoms with Crippen molar-refractivity contribution in [2.45, 2.75) is 0 Å². The van der Waals surface area contributed by atoms with Gasteiger partial charge in [0.2, 0.25) is 0 Å². The Hall–Kier alpha value is -3.56. The first kappa shape index (κ1) is 14.4. The number of esters is 1. The van der Waals surface area contributed by atoms with Crippen LogP contribution in [0.1, 0.15) is 20.8 Å². The number of benzene rings is 1. The van der Waals surface area contributed by atoms with Gasteiger partial charge in [0, 0.05) is 5.56 Å². The van der Waals surface area contributed by atoms with Gasteiger partial charge in [-0.1, -0.05) is 6.07 Å². The highest BCUT2D eigenvalue weighted by Gasteiger charge is 2.17. The molecule has 0 saturated carbocycles. The van der Waals surface area contributed by atoms with E-state index in [1.807, 2.05) is 0 Å². The van der Waals surface area contributed by atoms with Crippen LogP contribution >= 0.6 is 0 Å². The number of carbonyl (C=O) groups is 2. The number of H-pyrrole nitrogens is 1. The van der Waals surface area contributed by atoms with Crippen LogP contribution in [0.25, 0.3) is 5.69 Å². The van der Waals surface area contributed by atoms with Gasteiger partial charge < -0.3 is 10.1 Å². The van der Waals surface area contributed by atoms with Gasteiger partial charge in [-0.15, -0.1) is 5.10 Å². The van der Waals surface area contributed by atoms with Crippen molar-refractivity contribution in [3.63, 3.8) is 0 Å². The largest absolute Gasteiger partial charge is 0.464 e. The first-order valence-corrected chi connectivity index (χ1v) is 6.45. The minimum absolute atomic E-state index is 0.0671. The number of methoxy groups -OCH3 is 1. The molecule has 0 aliphatic carbocycles. The fourth-order valence-electron chi connectivity index (χ4n) is 1.90. The average molecular weight is 313 g/mol. The molecule has 0 spiro atoms. The number of aromatic amines is 1. The smallest absolute Gasteiger partial charge is 0.358 e. The zero-order valence-corrected chi connectivity index (χ0v) is 11.9. The Balaban J connectivity index is 1.83. The summed E-state index contributed by atoms with van der Waals surface area (Å²) in [6.45, 7) is 0. The zero-order chi connectivity index (χ0) is 16.2. The third-order valence-corrected chi connectivity index (χ3v) is 3.00. The van der Waals surface area contributed by atoms with Crippen LogP contribution in [0, 0.1) is 0 Å². The monoisotopic (exact) mass is 313 g/mol. The molecule has 2 aromatic heterocycles. The minimum Gasteiger partial charge on any atom is -0.464 e. The molecular weight excluding hydrogens is 302 g/mol. The molecule has 0 aliphatic heterocycles. The van der Waals surface area contributed by atoms with E-state index in [1.165, 1.54) is 24.3 Å². The van der Waals surface area contributed by atoms with Crippen LogP contribution in [0.5, 0.6) is 0 Å². The van der Waals surface area contributed by atoms with E-state index < -0.39 is 11.9 Å². The predicted octanol–water partition coefficient (Wildman–Crippen LogP) is 0.424. The van der Waals surface area contributed by atoms with Gasteiger partial charge in [-0.25, -0.2) is 9.48 Å². The first-order valence-electron chi connectivity index (χ1n) is 6.45. The number of ether oxygens (including phenoxy) is 1. The van der Waals surface area contributed by atoms with Crippen molar-refractivity contribution in [3.8, 4) is 5.69 Å².